The van der Waals surface area contributed by atoms with E-state index in [1.807, 2.05) is 12.1 Å². The van der Waals surface area contributed by atoms with Gasteiger partial charge in [-0.3, -0.25) is 0 Å². The molecule has 82 valence electrons. The Hall–Kier alpha value is -1.88. The van der Waals surface area contributed by atoms with Crippen LogP contribution in [0.4, 0.5) is 5.69 Å². The zero-order valence-corrected chi connectivity index (χ0v) is 9.41. The van der Waals surface area contributed by atoms with Crippen molar-refractivity contribution in [2.75, 3.05) is 5.73 Å². The van der Waals surface area contributed by atoms with Crippen molar-refractivity contribution in [2.45, 2.75) is 6.92 Å². The molecule has 0 aliphatic carbocycles. The number of carboxylic acid groups (broad SMARTS) is 1. The first-order valence-electron chi connectivity index (χ1n) is 4.64. The van der Waals surface area contributed by atoms with Crippen LogP contribution in [-0.2, 0) is 0 Å². The Kier molecular flexibility index (Phi) is 2.62. The van der Waals surface area contributed by atoms with E-state index in [1.54, 1.807) is 19.1 Å². The summed E-state index contributed by atoms with van der Waals surface area (Å²) >= 11 is 1.16. The number of carbonyl (C=O) groups is 1. The van der Waals surface area contributed by atoms with Crippen LogP contribution >= 0.6 is 11.3 Å². The van der Waals surface area contributed by atoms with Crippen molar-refractivity contribution in [2.24, 2.45) is 0 Å². The van der Waals surface area contributed by atoms with Gasteiger partial charge in [-0.25, -0.2) is 9.78 Å². The third-order valence-corrected chi connectivity index (χ3v) is 3.32. The molecule has 1 aromatic heterocycles. The lowest BCUT2D eigenvalue weighted by molar-refractivity contribution is 0.0701. The summed E-state index contributed by atoms with van der Waals surface area (Å²) in [5, 5.41) is 9.61. The van der Waals surface area contributed by atoms with Crippen molar-refractivity contribution in [3.8, 4) is 10.6 Å². The van der Waals surface area contributed by atoms with Crippen molar-refractivity contribution in [1.82, 2.24) is 4.98 Å². The smallest absolute Gasteiger partial charge is 0.347 e. The van der Waals surface area contributed by atoms with E-state index < -0.39 is 5.97 Å². The minimum absolute atomic E-state index is 0.275. The van der Waals surface area contributed by atoms with Crippen molar-refractivity contribution in [3.63, 3.8) is 0 Å². The fourth-order valence-corrected chi connectivity index (χ4v) is 2.29. The molecule has 0 spiro atoms. The molecule has 0 radical (unpaired) electrons. The molecule has 16 heavy (non-hydrogen) atoms. The van der Waals surface area contributed by atoms with Gasteiger partial charge in [0.25, 0.3) is 0 Å². The highest BCUT2D eigenvalue weighted by atomic mass is 32.1. The van der Waals surface area contributed by atoms with Crippen LogP contribution in [0, 0.1) is 6.92 Å². The summed E-state index contributed by atoms with van der Waals surface area (Å²) in [5.41, 5.74) is 7.69. The molecule has 1 aromatic carbocycles. The lowest BCUT2D eigenvalue weighted by Crippen LogP contribution is -1.94. The maximum atomic E-state index is 10.9. The highest BCUT2D eigenvalue weighted by molar-refractivity contribution is 7.17. The van der Waals surface area contributed by atoms with Crippen LogP contribution in [-0.4, -0.2) is 16.1 Å². The number of aromatic carboxylic acids is 1. The fraction of sp³-hybridized carbons (Fsp3) is 0.0909. The first-order chi connectivity index (χ1) is 7.58. The molecule has 0 aliphatic rings. The van der Waals surface area contributed by atoms with Crippen LogP contribution in [0.5, 0.6) is 0 Å². The molecule has 2 rings (SSSR count). The molecule has 1 heterocycles. The molecular formula is C11H10N2O2S. The van der Waals surface area contributed by atoms with Crippen molar-refractivity contribution < 1.29 is 9.90 Å². The number of carboxylic acids is 1. The highest BCUT2D eigenvalue weighted by Gasteiger charge is 2.14. The van der Waals surface area contributed by atoms with Crippen LogP contribution < -0.4 is 5.73 Å². The maximum absolute atomic E-state index is 10.9. The molecule has 0 unspecified atom stereocenters. The number of anilines is 1. The molecule has 0 aliphatic heterocycles. The van der Waals surface area contributed by atoms with Crippen LogP contribution in [0.3, 0.4) is 0 Å². The van der Waals surface area contributed by atoms with E-state index in [4.69, 9.17) is 10.8 Å². The van der Waals surface area contributed by atoms with Gasteiger partial charge in [0.15, 0.2) is 0 Å². The number of nitrogens with two attached hydrogens (primary N) is 1. The van der Waals surface area contributed by atoms with E-state index in [9.17, 15) is 4.79 Å². The average Bonchev–Trinajstić information content (AvgIpc) is 2.60. The summed E-state index contributed by atoms with van der Waals surface area (Å²) in [6.45, 7) is 1.69. The predicted molar refractivity (Wildman–Crippen MR) is 63.7 cm³/mol. The van der Waals surface area contributed by atoms with Gasteiger partial charge in [0, 0.05) is 11.3 Å². The van der Waals surface area contributed by atoms with E-state index in [1.165, 1.54) is 0 Å². The maximum Gasteiger partial charge on any atom is 0.347 e. The zero-order valence-electron chi connectivity index (χ0n) is 8.60. The second-order valence-corrected chi connectivity index (χ2v) is 4.36. The monoisotopic (exact) mass is 234 g/mol. The number of nitrogen functional groups attached to an aromatic ring is 1. The predicted octanol–water partition coefficient (Wildman–Crippen LogP) is 2.40. The van der Waals surface area contributed by atoms with Crippen molar-refractivity contribution in [1.29, 1.82) is 0 Å². The van der Waals surface area contributed by atoms with Crippen LogP contribution in [0.15, 0.2) is 24.3 Å². The van der Waals surface area contributed by atoms with Gasteiger partial charge in [0.1, 0.15) is 9.88 Å². The minimum Gasteiger partial charge on any atom is -0.477 e. The van der Waals surface area contributed by atoms with Gasteiger partial charge >= 0.3 is 5.97 Å². The van der Waals surface area contributed by atoms with E-state index in [0.29, 0.717) is 16.4 Å². The molecule has 2 aromatic rings. The van der Waals surface area contributed by atoms with E-state index in [2.05, 4.69) is 4.98 Å². The number of hydrogen-bond donors (Lipinski definition) is 2. The molecule has 0 bridgehead atoms. The van der Waals surface area contributed by atoms with Gasteiger partial charge in [-0.05, 0) is 19.1 Å². The molecule has 0 fully saturated rings. The summed E-state index contributed by atoms with van der Waals surface area (Å²) in [5.74, 6) is -0.940. The minimum atomic E-state index is -0.940. The topological polar surface area (TPSA) is 76.2 Å². The standard InChI is InChI=1S/C11H10N2O2S/c1-6-9(11(14)15)16-10(13-6)7-3-2-4-8(12)5-7/h2-5H,12H2,1H3,(H,14,15). The summed E-state index contributed by atoms with van der Waals surface area (Å²) < 4.78 is 0. The Morgan fingerprint density at radius 2 is 2.25 bits per heavy atom. The molecule has 3 N–H and O–H groups in total. The largest absolute Gasteiger partial charge is 0.477 e. The highest BCUT2D eigenvalue weighted by Crippen LogP contribution is 2.28. The third kappa shape index (κ3) is 1.90. The first-order valence-corrected chi connectivity index (χ1v) is 5.46. The Morgan fingerprint density at radius 3 is 2.81 bits per heavy atom. The van der Waals surface area contributed by atoms with E-state index >= 15 is 0 Å². The lowest BCUT2D eigenvalue weighted by atomic mass is 10.2. The van der Waals surface area contributed by atoms with E-state index in [-0.39, 0.29) is 4.88 Å². The molecule has 0 saturated heterocycles. The van der Waals surface area contributed by atoms with Gasteiger partial charge in [-0.2, -0.15) is 0 Å². The normalized spacial score (nSPS) is 10.3. The van der Waals surface area contributed by atoms with Gasteiger partial charge in [-0.1, -0.05) is 12.1 Å². The number of rotatable bonds is 2. The number of thiazole rings is 1. The Balaban J connectivity index is 2.49. The number of nitrogens with zero attached hydrogens (tertiary/aromatic N) is 1. The zero-order chi connectivity index (χ0) is 11.7. The first kappa shape index (κ1) is 10.6. The summed E-state index contributed by atoms with van der Waals surface area (Å²) in [6.07, 6.45) is 0. The van der Waals surface area contributed by atoms with Gasteiger partial charge < -0.3 is 10.8 Å². The number of hydrogen-bond acceptors (Lipinski definition) is 4. The summed E-state index contributed by atoms with van der Waals surface area (Å²) in [4.78, 5) is 15.4. The fourth-order valence-electron chi connectivity index (χ4n) is 1.39. The molecule has 0 amide bonds. The molecule has 4 nitrogen and oxygen atoms in total. The van der Waals surface area contributed by atoms with Gasteiger partial charge in [-0.15, -0.1) is 11.3 Å². The SMILES string of the molecule is Cc1nc(-c2cccc(N)c2)sc1C(=O)O. The Morgan fingerprint density at radius 1 is 1.50 bits per heavy atom. The van der Waals surface area contributed by atoms with Crippen molar-refractivity contribution >= 4 is 23.0 Å². The number of benzene rings is 1. The lowest BCUT2D eigenvalue weighted by Gasteiger charge is -1.96. The molecule has 0 atom stereocenters. The van der Waals surface area contributed by atoms with Gasteiger partial charge in [0.2, 0.25) is 0 Å². The van der Waals surface area contributed by atoms with Crippen LogP contribution in [0.1, 0.15) is 15.4 Å². The van der Waals surface area contributed by atoms with Crippen LogP contribution in [0.2, 0.25) is 0 Å². The van der Waals surface area contributed by atoms with Gasteiger partial charge in [0.05, 0.1) is 5.69 Å². The second kappa shape index (κ2) is 3.94. The molecular weight excluding hydrogens is 224 g/mol. The van der Waals surface area contributed by atoms with Crippen LogP contribution in [0.25, 0.3) is 10.6 Å². The van der Waals surface area contributed by atoms with E-state index in [0.717, 1.165) is 16.9 Å². The molecule has 0 saturated carbocycles. The quantitative estimate of drug-likeness (QED) is 0.782. The third-order valence-electron chi connectivity index (χ3n) is 2.12. The molecule has 5 heteroatoms. The number of aryl methyl sites for hydroxylation is 1. The summed E-state index contributed by atoms with van der Waals surface area (Å²) in [7, 11) is 0. The Labute approximate surface area is 96.4 Å². The summed E-state index contributed by atoms with van der Waals surface area (Å²) in [6, 6.07) is 7.24. The average molecular weight is 234 g/mol. The Bertz CT molecular complexity index is 549. The number of aromatic nitrogens is 1. The second-order valence-electron chi connectivity index (χ2n) is 3.36. The van der Waals surface area contributed by atoms with Crippen molar-refractivity contribution in [3.05, 3.63) is 34.8 Å².